The minimum atomic E-state index is -0.383. The van der Waals surface area contributed by atoms with E-state index in [0.29, 0.717) is 10.0 Å². The number of nitrogens with zero attached hydrogens (tertiary/aromatic N) is 2. The highest BCUT2D eigenvalue weighted by atomic mass is 79.9. The summed E-state index contributed by atoms with van der Waals surface area (Å²) in [5.74, 6) is 0.173. The van der Waals surface area contributed by atoms with Crippen LogP contribution >= 0.6 is 50.9 Å². The first-order chi connectivity index (χ1) is 13.9. The summed E-state index contributed by atoms with van der Waals surface area (Å²) in [6.07, 6.45) is 4.10. The van der Waals surface area contributed by atoms with Gasteiger partial charge in [-0.2, -0.15) is 0 Å². The highest BCUT2D eigenvalue weighted by Crippen LogP contribution is 2.40. The summed E-state index contributed by atoms with van der Waals surface area (Å²) < 4.78 is 0.967. The van der Waals surface area contributed by atoms with Crippen molar-refractivity contribution in [2.45, 2.75) is 31.3 Å². The van der Waals surface area contributed by atoms with E-state index in [2.05, 4.69) is 21.2 Å². The molecule has 1 spiro atoms. The SMILES string of the molecule is O=C(CSC1=NC2(CCCC2)N=C1c1ccc(Cl)c(Cl)c1)Nc1ccc(Br)cc1. The number of rotatable bonds is 4. The van der Waals surface area contributed by atoms with E-state index in [1.807, 2.05) is 36.4 Å². The summed E-state index contributed by atoms with van der Waals surface area (Å²) in [5.41, 5.74) is 2.05. The molecule has 4 nitrogen and oxygen atoms in total. The number of benzene rings is 2. The third-order valence-electron chi connectivity index (χ3n) is 4.90. The van der Waals surface area contributed by atoms with Crippen LogP contribution < -0.4 is 5.32 Å². The van der Waals surface area contributed by atoms with Crippen LogP contribution in [-0.2, 0) is 4.79 Å². The van der Waals surface area contributed by atoms with Crippen molar-refractivity contribution in [3.8, 4) is 0 Å². The third-order valence-corrected chi connectivity index (χ3v) is 7.13. The molecule has 4 rings (SSSR count). The molecule has 2 aliphatic rings. The van der Waals surface area contributed by atoms with Crippen LogP contribution in [0.4, 0.5) is 5.69 Å². The molecule has 2 aromatic carbocycles. The fourth-order valence-corrected chi connectivity index (χ4v) is 4.92. The first-order valence-electron chi connectivity index (χ1n) is 9.28. The lowest BCUT2D eigenvalue weighted by atomic mass is 10.1. The molecular weight excluding hydrogens is 493 g/mol. The zero-order valence-corrected chi connectivity index (χ0v) is 19.3. The second kappa shape index (κ2) is 8.80. The van der Waals surface area contributed by atoms with E-state index in [9.17, 15) is 4.79 Å². The van der Waals surface area contributed by atoms with Crippen molar-refractivity contribution in [1.82, 2.24) is 0 Å². The Morgan fingerprint density at radius 2 is 1.79 bits per heavy atom. The molecule has 150 valence electrons. The molecule has 0 atom stereocenters. The summed E-state index contributed by atoms with van der Waals surface area (Å²) in [6.45, 7) is 0. The molecule has 0 aromatic heterocycles. The van der Waals surface area contributed by atoms with E-state index in [1.54, 1.807) is 6.07 Å². The van der Waals surface area contributed by atoms with Crippen LogP contribution in [0.25, 0.3) is 0 Å². The second-order valence-corrected chi connectivity index (χ2v) is 9.73. The Balaban J connectivity index is 1.50. The third kappa shape index (κ3) is 4.88. The number of thioether (sulfide) groups is 1. The summed E-state index contributed by atoms with van der Waals surface area (Å²) in [5, 5.41) is 4.69. The van der Waals surface area contributed by atoms with Gasteiger partial charge in [0, 0.05) is 15.7 Å². The van der Waals surface area contributed by atoms with Gasteiger partial charge in [0.1, 0.15) is 5.04 Å². The lowest BCUT2D eigenvalue weighted by molar-refractivity contribution is -0.113. The van der Waals surface area contributed by atoms with Gasteiger partial charge in [0.25, 0.3) is 0 Å². The number of hydrogen-bond donors (Lipinski definition) is 1. The smallest absolute Gasteiger partial charge is 0.234 e. The molecule has 0 saturated heterocycles. The van der Waals surface area contributed by atoms with Crippen LogP contribution in [0.1, 0.15) is 31.2 Å². The van der Waals surface area contributed by atoms with Crippen molar-refractivity contribution >= 4 is 73.2 Å². The Bertz CT molecular complexity index is 1000. The highest BCUT2D eigenvalue weighted by molar-refractivity contribution is 9.10. The molecular formula is C21H18BrCl2N3OS. The highest BCUT2D eigenvalue weighted by Gasteiger charge is 2.39. The normalized spacial score (nSPS) is 17.3. The largest absolute Gasteiger partial charge is 0.325 e. The average Bonchev–Trinajstić information content (AvgIpc) is 3.31. The maximum atomic E-state index is 12.4. The number of anilines is 1. The Morgan fingerprint density at radius 1 is 1.07 bits per heavy atom. The van der Waals surface area contributed by atoms with Gasteiger partial charge in [-0.3, -0.25) is 9.79 Å². The molecule has 0 unspecified atom stereocenters. The Hall–Kier alpha value is -1.34. The van der Waals surface area contributed by atoms with E-state index in [0.717, 1.165) is 52.2 Å². The van der Waals surface area contributed by atoms with E-state index < -0.39 is 0 Å². The molecule has 1 saturated carbocycles. The monoisotopic (exact) mass is 509 g/mol. The minimum absolute atomic E-state index is 0.0825. The maximum absolute atomic E-state index is 12.4. The lowest BCUT2D eigenvalue weighted by Crippen LogP contribution is -2.17. The molecule has 8 heteroatoms. The first-order valence-corrected chi connectivity index (χ1v) is 11.8. The number of amides is 1. The first kappa shape index (κ1) is 20.9. The van der Waals surface area contributed by atoms with E-state index in [4.69, 9.17) is 33.2 Å². The van der Waals surface area contributed by atoms with Crippen LogP contribution in [0.3, 0.4) is 0 Å². The summed E-state index contributed by atoms with van der Waals surface area (Å²) in [4.78, 5) is 22.3. The molecule has 1 heterocycles. The number of aliphatic imine (C=N–C) groups is 2. The van der Waals surface area contributed by atoms with E-state index >= 15 is 0 Å². The number of halogens is 3. The summed E-state index contributed by atoms with van der Waals surface area (Å²) >= 11 is 17.1. The van der Waals surface area contributed by atoms with Crippen molar-refractivity contribution in [2.24, 2.45) is 9.98 Å². The van der Waals surface area contributed by atoms with Gasteiger partial charge in [-0.25, -0.2) is 4.99 Å². The minimum Gasteiger partial charge on any atom is -0.325 e. The molecule has 1 fully saturated rings. The molecule has 0 bridgehead atoms. The Labute approximate surface area is 192 Å². The van der Waals surface area contributed by atoms with Crippen LogP contribution in [0.2, 0.25) is 10.0 Å². The molecule has 0 radical (unpaired) electrons. The van der Waals surface area contributed by atoms with E-state index in [1.165, 1.54) is 11.8 Å². The van der Waals surface area contributed by atoms with Crippen molar-refractivity contribution in [3.63, 3.8) is 0 Å². The predicted octanol–water partition coefficient (Wildman–Crippen LogP) is 6.60. The number of nitrogens with one attached hydrogen (secondary N) is 1. The average molecular weight is 511 g/mol. The zero-order chi connectivity index (χ0) is 20.4. The van der Waals surface area contributed by atoms with Gasteiger partial charge < -0.3 is 5.32 Å². The fourth-order valence-electron chi connectivity index (χ4n) is 3.48. The fraction of sp³-hybridized carbons (Fsp3) is 0.286. The van der Waals surface area contributed by atoms with Gasteiger partial charge in [0.05, 0.1) is 21.5 Å². The number of carbonyl (C=O) groups is 1. The predicted molar refractivity (Wildman–Crippen MR) is 127 cm³/mol. The Kier molecular flexibility index (Phi) is 6.35. The molecule has 2 aromatic rings. The Morgan fingerprint density at radius 3 is 2.48 bits per heavy atom. The summed E-state index contributed by atoms with van der Waals surface area (Å²) in [6, 6.07) is 13.0. The topological polar surface area (TPSA) is 53.8 Å². The molecule has 29 heavy (non-hydrogen) atoms. The molecule has 1 N–H and O–H groups in total. The maximum Gasteiger partial charge on any atom is 0.234 e. The van der Waals surface area contributed by atoms with Gasteiger partial charge >= 0.3 is 0 Å². The number of hydrogen-bond acceptors (Lipinski definition) is 4. The van der Waals surface area contributed by atoms with Gasteiger partial charge in [0.2, 0.25) is 5.91 Å². The van der Waals surface area contributed by atoms with Gasteiger partial charge in [-0.1, -0.05) is 57.0 Å². The van der Waals surface area contributed by atoms with Crippen LogP contribution in [0.5, 0.6) is 0 Å². The van der Waals surface area contributed by atoms with E-state index in [-0.39, 0.29) is 17.3 Å². The lowest BCUT2D eigenvalue weighted by Gasteiger charge is -2.14. The standard InChI is InChI=1S/C21H18BrCl2N3OS/c22-14-4-6-15(7-5-14)25-18(28)12-29-20-19(13-3-8-16(23)17(24)11-13)26-21(27-20)9-1-2-10-21/h3-8,11H,1-2,9-10,12H2,(H,25,28). The van der Waals surface area contributed by atoms with Crippen molar-refractivity contribution < 1.29 is 4.79 Å². The molecule has 1 aliphatic carbocycles. The van der Waals surface area contributed by atoms with Crippen LogP contribution in [0, 0.1) is 0 Å². The molecule has 1 aliphatic heterocycles. The zero-order valence-electron chi connectivity index (χ0n) is 15.4. The van der Waals surface area contributed by atoms with Crippen LogP contribution in [0.15, 0.2) is 56.9 Å². The second-order valence-electron chi connectivity index (χ2n) is 7.04. The van der Waals surface area contributed by atoms with Gasteiger partial charge in [0.15, 0.2) is 5.66 Å². The van der Waals surface area contributed by atoms with Gasteiger partial charge in [-0.05, 0) is 62.1 Å². The van der Waals surface area contributed by atoms with Crippen LogP contribution in [-0.4, -0.2) is 28.1 Å². The number of carbonyl (C=O) groups excluding carboxylic acids is 1. The molecule has 1 amide bonds. The van der Waals surface area contributed by atoms with Crippen molar-refractivity contribution in [2.75, 3.05) is 11.1 Å². The summed E-state index contributed by atoms with van der Waals surface area (Å²) in [7, 11) is 0. The van der Waals surface area contributed by atoms with Gasteiger partial charge in [-0.15, -0.1) is 0 Å². The quantitative estimate of drug-likeness (QED) is 0.503. The van der Waals surface area contributed by atoms with Crippen molar-refractivity contribution in [3.05, 3.63) is 62.5 Å². The van der Waals surface area contributed by atoms with Crippen molar-refractivity contribution in [1.29, 1.82) is 0 Å².